The van der Waals surface area contributed by atoms with Gasteiger partial charge in [0.1, 0.15) is 0 Å². The van der Waals surface area contributed by atoms with Gasteiger partial charge in [0.05, 0.1) is 19.0 Å². The van der Waals surface area contributed by atoms with Gasteiger partial charge < -0.3 is 4.74 Å². The van der Waals surface area contributed by atoms with Gasteiger partial charge in [-0.25, -0.2) is 8.42 Å². The third-order valence-corrected chi connectivity index (χ3v) is 3.24. The SMILES string of the molecule is O=S(=O)(Cl)CCOCc1cccc(Br)c1. The van der Waals surface area contributed by atoms with Gasteiger partial charge in [0.15, 0.2) is 0 Å². The van der Waals surface area contributed by atoms with Crippen LogP contribution in [0, 0.1) is 0 Å². The summed E-state index contributed by atoms with van der Waals surface area (Å²) in [6, 6.07) is 7.61. The molecule has 1 aromatic rings. The van der Waals surface area contributed by atoms with Crippen LogP contribution in [0.3, 0.4) is 0 Å². The fraction of sp³-hybridized carbons (Fsp3) is 0.333. The van der Waals surface area contributed by atoms with Gasteiger partial charge in [-0.2, -0.15) is 0 Å². The molecule has 1 rings (SSSR count). The Labute approximate surface area is 102 Å². The molecule has 0 aliphatic rings. The van der Waals surface area contributed by atoms with Crippen molar-refractivity contribution in [2.24, 2.45) is 0 Å². The molecule has 0 atom stereocenters. The number of halogens is 2. The standard InChI is InChI=1S/C9H10BrClO3S/c10-9-3-1-2-8(6-9)7-14-4-5-15(11,12)13/h1-3,6H,4-5,7H2. The van der Waals surface area contributed by atoms with Crippen molar-refractivity contribution in [1.29, 1.82) is 0 Å². The Balaban J connectivity index is 2.32. The second-order valence-electron chi connectivity index (χ2n) is 2.93. The van der Waals surface area contributed by atoms with E-state index in [-0.39, 0.29) is 12.4 Å². The summed E-state index contributed by atoms with van der Waals surface area (Å²) >= 11 is 3.33. The van der Waals surface area contributed by atoms with E-state index in [1.807, 2.05) is 24.3 Å². The van der Waals surface area contributed by atoms with Crippen molar-refractivity contribution in [2.45, 2.75) is 6.61 Å². The van der Waals surface area contributed by atoms with Crippen LogP contribution in [-0.2, 0) is 20.4 Å². The van der Waals surface area contributed by atoms with Gasteiger partial charge >= 0.3 is 0 Å². The molecule has 84 valence electrons. The second kappa shape index (κ2) is 5.84. The first-order valence-corrected chi connectivity index (χ1v) is 7.49. The fourth-order valence-electron chi connectivity index (χ4n) is 0.975. The minimum atomic E-state index is -3.45. The Kier molecular flexibility index (Phi) is 5.05. The first kappa shape index (κ1) is 13.0. The molecule has 0 bridgehead atoms. The Hall–Kier alpha value is -0.100. The lowest BCUT2D eigenvalue weighted by Gasteiger charge is -2.03. The average molecular weight is 314 g/mol. The van der Waals surface area contributed by atoms with E-state index in [1.54, 1.807) is 0 Å². The number of hydrogen-bond acceptors (Lipinski definition) is 3. The zero-order chi connectivity index (χ0) is 11.3. The van der Waals surface area contributed by atoms with Crippen LogP contribution in [0.25, 0.3) is 0 Å². The summed E-state index contributed by atoms with van der Waals surface area (Å²) in [4.78, 5) is 0. The smallest absolute Gasteiger partial charge is 0.234 e. The summed E-state index contributed by atoms with van der Waals surface area (Å²) in [5.41, 5.74) is 0.983. The molecule has 0 aliphatic heterocycles. The van der Waals surface area contributed by atoms with Crippen LogP contribution in [0.1, 0.15) is 5.56 Å². The Morgan fingerprint density at radius 1 is 1.40 bits per heavy atom. The highest BCUT2D eigenvalue weighted by Gasteiger charge is 2.04. The van der Waals surface area contributed by atoms with E-state index in [9.17, 15) is 8.42 Å². The van der Waals surface area contributed by atoms with Crippen molar-refractivity contribution in [2.75, 3.05) is 12.4 Å². The van der Waals surface area contributed by atoms with E-state index in [4.69, 9.17) is 15.4 Å². The van der Waals surface area contributed by atoms with Gasteiger partial charge in [0.25, 0.3) is 0 Å². The molecule has 0 aliphatic carbocycles. The number of rotatable bonds is 5. The molecule has 6 heteroatoms. The largest absolute Gasteiger partial charge is 0.376 e. The van der Waals surface area contributed by atoms with Gasteiger partial charge in [0.2, 0.25) is 9.05 Å². The van der Waals surface area contributed by atoms with E-state index in [1.165, 1.54) is 0 Å². The molecular weight excluding hydrogens is 304 g/mol. The zero-order valence-electron chi connectivity index (χ0n) is 7.82. The molecule has 0 radical (unpaired) electrons. The predicted octanol–water partition coefficient (Wildman–Crippen LogP) is 2.53. The van der Waals surface area contributed by atoms with Gasteiger partial charge in [-0.15, -0.1) is 0 Å². The van der Waals surface area contributed by atoms with Crippen LogP contribution in [0.2, 0.25) is 0 Å². The maximum absolute atomic E-state index is 10.6. The summed E-state index contributed by atoms with van der Waals surface area (Å²) in [6.45, 7) is 0.490. The molecule has 0 amide bonds. The Morgan fingerprint density at radius 3 is 2.73 bits per heavy atom. The molecule has 0 N–H and O–H groups in total. The van der Waals surface area contributed by atoms with Crippen LogP contribution in [0.5, 0.6) is 0 Å². The van der Waals surface area contributed by atoms with E-state index in [0.717, 1.165) is 10.0 Å². The maximum Gasteiger partial charge on any atom is 0.234 e. The van der Waals surface area contributed by atoms with Crippen molar-refractivity contribution < 1.29 is 13.2 Å². The lowest BCUT2D eigenvalue weighted by atomic mass is 10.2. The molecule has 15 heavy (non-hydrogen) atoms. The van der Waals surface area contributed by atoms with Crippen LogP contribution >= 0.6 is 26.6 Å². The maximum atomic E-state index is 10.6. The van der Waals surface area contributed by atoms with E-state index < -0.39 is 9.05 Å². The molecule has 0 heterocycles. The number of benzene rings is 1. The molecule has 0 aromatic heterocycles. The summed E-state index contributed by atoms with van der Waals surface area (Å²) in [5, 5.41) is 0. The highest BCUT2D eigenvalue weighted by atomic mass is 79.9. The molecule has 1 aromatic carbocycles. The van der Waals surface area contributed by atoms with Crippen LogP contribution < -0.4 is 0 Å². The summed E-state index contributed by atoms with van der Waals surface area (Å²) in [7, 11) is 1.58. The monoisotopic (exact) mass is 312 g/mol. The Bertz CT molecular complexity index is 419. The molecule has 0 fully saturated rings. The van der Waals surface area contributed by atoms with E-state index in [0.29, 0.717) is 6.61 Å². The van der Waals surface area contributed by atoms with Gasteiger partial charge in [-0.1, -0.05) is 28.1 Å². The van der Waals surface area contributed by atoms with Gasteiger partial charge in [-0.3, -0.25) is 0 Å². The number of ether oxygens (including phenoxy) is 1. The van der Waals surface area contributed by atoms with Gasteiger partial charge in [0, 0.05) is 15.2 Å². The normalized spacial score (nSPS) is 11.6. The van der Waals surface area contributed by atoms with Crippen LogP contribution in [0.15, 0.2) is 28.7 Å². The molecule has 0 unspecified atom stereocenters. The van der Waals surface area contributed by atoms with Crippen molar-refractivity contribution in [3.8, 4) is 0 Å². The van der Waals surface area contributed by atoms with E-state index >= 15 is 0 Å². The van der Waals surface area contributed by atoms with Crippen molar-refractivity contribution in [3.63, 3.8) is 0 Å². The fourth-order valence-corrected chi connectivity index (χ4v) is 1.93. The van der Waals surface area contributed by atoms with E-state index in [2.05, 4.69) is 15.9 Å². The zero-order valence-corrected chi connectivity index (χ0v) is 11.0. The number of hydrogen-bond donors (Lipinski definition) is 0. The minimum Gasteiger partial charge on any atom is -0.376 e. The Morgan fingerprint density at radius 2 is 2.13 bits per heavy atom. The minimum absolute atomic E-state index is 0.109. The third-order valence-electron chi connectivity index (χ3n) is 1.63. The molecule has 0 saturated heterocycles. The lowest BCUT2D eigenvalue weighted by molar-refractivity contribution is 0.135. The topological polar surface area (TPSA) is 43.4 Å². The average Bonchev–Trinajstić information content (AvgIpc) is 2.11. The van der Waals surface area contributed by atoms with Crippen molar-refractivity contribution >= 4 is 35.7 Å². The van der Waals surface area contributed by atoms with Crippen LogP contribution in [-0.4, -0.2) is 20.8 Å². The van der Waals surface area contributed by atoms with Crippen molar-refractivity contribution in [3.05, 3.63) is 34.3 Å². The summed E-state index contributed by atoms with van der Waals surface area (Å²) < 4.78 is 27.3. The summed E-state index contributed by atoms with van der Waals surface area (Å²) in [6.07, 6.45) is 0. The molecule has 0 spiro atoms. The third kappa shape index (κ3) is 6.14. The molecule has 0 saturated carbocycles. The van der Waals surface area contributed by atoms with Crippen molar-refractivity contribution in [1.82, 2.24) is 0 Å². The highest BCUT2D eigenvalue weighted by Crippen LogP contribution is 2.12. The second-order valence-corrected chi connectivity index (χ2v) is 6.74. The molecular formula is C9H10BrClO3S. The van der Waals surface area contributed by atoms with Gasteiger partial charge in [-0.05, 0) is 17.7 Å². The first-order valence-electron chi connectivity index (χ1n) is 4.22. The van der Waals surface area contributed by atoms with Crippen LogP contribution in [0.4, 0.5) is 0 Å². The highest BCUT2D eigenvalue weighted by molar-refractivity contribution is 9.10. The first-order chi connectivity index (χ1) is 6.97. The lowest BCUT2D eigenvalue weighted by Crippen LogP contribution is -2.06. The molecule has 3 nitrogen and oxygen atoms in total. The predicted molar refractivity (Wildman–Crippen MR) is 63.4 cm³/mol. The quantitative estimate of drug-likeness (QED) is 0.620. The summed E-state index contributed by atoms with van der Waals surface area (Å²) in [5.74, 6) is -0.164.